The van der Waals surface area contributed by atoms with Gasteiger partial charge < -0.3 is 10.6 Å². The predicted molar refractivity (Wildman–Crippen MR) is 71.3 cm³/mol. The number of nitrogens with zero attached hydrogens (tertiary/aromatic N) is 3. The molecule has 1 aliphatic heterocycles. The van der Waals surface area contributed by atoms with Crippen molar-refractivity contribution in [1.82, 2.24) is 9.97 Å². The van der Waals surface area contributed by atoms with Crippen molar-refractivity contribution in [3.63, 3.8) is 0 Å². The summed E-state index contributed by atoms with van der Waals surface area (Å²) in [6.45, 7) is 5.73. The van der Waals surface area contributed by atoms with E-state index in [0.29, 0.717) is 13.1 Å². The van der Waals surface area contributed by atoms with Gasteiger partial charge in [-0.25, -0.2) is 4.98 Å². The summed E-state index contributed by atoms with van der Waals surface area (Å²) in [7, 11) is 0. The average molecular weight is 288 g/mol. The van der Waals surface area contributed by atoms with Gasteiger partial charge in [-0.05, 0) is 18.3 Å². The van der Waals surface area contributed by atoms with Crippen LogP contribution in [0.25, 0.3) is 0 Å². The summed E-state index contributed by atoms with van der Waals surface area (Å²) in [5, 5.41) is 0. The van der Waals surface area contributed by atoms with Crippen LogP contribution in [0.3, 0.4) is 0 Å². The standard InChI is InChI=1S/C13H19F3N4/c1-3-12(2)4-6-20(7-5-12)10-8-9(13(14,15)16)18-11(17)19-10/h8H,3-7H2,1-2H3,(H2,17,18,19). The third-order valence-electron chi connectivity index (χ3n) is 4.17. The topological polar surface area (TPSA) is 55.0 Å². The molecule has 20 heavy (non-hydrogen) atoms. The van der Waals surface area contributed by atoms with Gasteiger partial charge in [-0.15, -0.1) is 0 Å². The molecule has 0 aromatic carbocycles. The molecule has 1 aromatic rings. The fourth-order valence-electron chi connectivity index (χ4n) is 2.39. The second kappa shape index (κ2) is 5.10. The number of anilines is 2. The first-order valence-corrected chi connectivity index (χ1v) is 6.70. The van der Waals surface area contributed by atoms with Crippen molar-refractivity contribution in [2.45, 2.75) is 39.3 Å². The molecule has 7 heteroatoms. The molecule has 0 amide bonds. The predicted octanol–water partition coefficient (Wildman–Crippen LogP) is 3.09. The van der Waals surface area contributed by atoms with Crippen LogP contribution in [0, 0.1) is 5.41 Å². The Labute approximate surface area is 116 Å². The Bertz CT molecular complexity index is 479. The summed E-state index contributed by atoms with van der Waals surface area (Å²) in [5.41, 5.74) is 4.68. The summed E-state index contributed by atoms with van der Waals surface area (Å²) in [4.78, 5) is 9.05. The van der Waals surface area contributed by atoms with Crippen molar-refractivity contribution in [1.29, 1.82) is 0 Å². The number of nitrogens with two attached hydrogens (primary N) is 1. The second-order valence-electron chi connectivity index (χ2n) is 5.62. The molecule has 1 saturated heterocycles. The Morgan fingerprint density at radius 3 is 2.40 bits per heavy atom. The van der Waals surface area contributed by atoms with Gasteiger partial charge in [0.2, 0.25) is 5.95 Å². The SMILES string of the molecule is CCC1(C)CCN(c2cc(C(F)(F)F)nc(N)n2)CC1. The summed E-state index contributed by atoms with van der Waals surface area (Å²) in [6, 6.07) is 0.977. The molecule has 0 unspecified atom stereocenters. The fraction of sp³-hybridized carbons (Fsp3) is 0.692. The van der Waals surface area contributed by atoms with Crippen molar-refractivity contribution in [2.75, 3.05) is 23.7 Å². The number of halogens is 3. The van der Waals surface area contributed by atoms with Crippen LogP contribution in [0.4, 0.5) is 24.9 Å². The zero-order valence-electron chi connectivity index (χ0n) is 11.7. The second-order valence-corrected chi connectivity index (χ2v) is 5.62. The number of piperidine rings is 1. The minimum absolute atomic E-state index is 0.266. The molecule has 1 aliphatic rings. The minimum atomic E-state index is -4.50. The molecule has 0 saturated carbocycles. The van der Waals surface area contributed by atoms with Crippen LogP contribution in [0.5, 0.6) is 0 Å². The van der Waals surface area contributed by atoms with Gasteiger partial charge in [0.15, 0.2) is 5.69 Å². The Balaban J connectivity index is 2.20. The Hall–Kier alpha value is -1.53. The largest absolute Gasteiger partial charge is 0.433 e. The lowest BCUT2D eigenvalue weighted by atomic mass is 9.78. The van der Waals surface area contributed by atoms with Gasteiger partial charge >= 0.3 is 6.18 Å². The van der Waals surface area contributed by atoms with Gasteiger partial charge in [0.1, 0.15) is 5.82 Å². The highest BCUT2D eigenvalue weighted by Crippen LogP contribution is 2.36. The normalized spacial score (nSPS) is 19.1. The smallest absolute Gasteiger partial charge is 0.368 e. The van der Waals surface area contributed by atoms with Gasteiger partial charge in [-0.1, -0.05) is 20.3 Å². The van der Waals surface area contributed by atoms with E-state index in [-0.39, 0.29) is 17.2 Å². The Morgan fingerprint density at radius 2 is 1.90 bits per heavy atom. The molecule has 4 nitrogen and oxygen atoms in total. The van der Waals surface area contributed by atoms with E-state index in [4.69, 9.17) is 5.73 Å². The van der Waals surface area contributed by atoms with Crippen LogP contribution < -0.4 is 10.6 Å². The van der Waals surface area contributed by atoms with Crippen LogP contribution in [-0.4, -0.2) is 23.1 Å². The lowest BCUT2D eigenvalue weighted by Gasteiger charge is -2.39. The highest BCUT2D eigenvalue weighted by molar-refractivity contribution is 5.44. The van der Waals surface area contributed by atoms with Crippen molar-refractivity contribution in [3.8, 4) is 0 Å². The van der Waals surface area contributed by atoms with Gasteiger partial charge in [-0.3, -0.25) is 0 Å². The first-order chi connectivity index (χ1) is 9.23. The number of hydrogen-bond acceptors (Lipinski definition) is 4. The van der Waals surface area contributed by atoms with Crippen molar-refractivity contribution in [2.24, 2.45) is 5.41 Å². The van der Waals surface area contributed by atoms with Gasteiger partial charge in [0, 0.05) is 19.2 Å². The summed E-state index contributed by atoms with van der Waals surface area (Å²) >= 11 is 0. The van der Waals surface area contributed by atoms with Crippen molar-refractivity contribution < 1.29 is 13.2 Å². The average Bonchev–Trinajstić information content (AvgIpc) is 2.38. The molecule has 112 valence electrons. The highest BCUT2D eigenvalue weighted by atomic mass is 19.4. The van der Waals surface area contributed by atoms with E-state index in [1.165, 1.54) is 0 Å². The van der Waals surface area contributed by atoms with Crippen LogP contribution in [0.1, 0.15) is 38.8 Å². The molecule has 0 atom stereocenters. The highest BCUT2D eigenvalue weighted by Gasteiger charge is 2.35. The van der Waals surface area contributed by atoms with Crippen molar-refractivity contribution in [3.05, 3.63) is 11.8 Å². The quantitative estimate of drug-likeness (QED) is 0.908. The number of hydrogen-bond donors (Lipinski definition) is 1. The van der Waals surface area contributed by atoms with E-state index in [1.807, 2.05) is 4.90 Å². The molecule has 2 N–H and O–H groups in total. The van der Waals surface area contributed by atoms with E-state index in [9.17, 15) is 13.2 Å². The van der Waals surface area contributed by atoms with Gasteiger partial charge in [-0.2, -0.15) is 18.2 Å². The zero-order valence-corrected chi connectivity index (χ0v) is 11.7. The third-order valence-corrected chi connectivity index (χ3v) is 4.17. The maximum atomic E-state index is 12.7. The lowest BCUT2D eigenvalue weighted by Crippen LogP contribution is -2.39. The summed E-state index contributed by atoms with van der Waals surface area (Å²) in [6.07, 6.45) is -1.55. The number of nitrogen functional groups attached to an aromatic ring is 1. The van der Waals surface area contributed by atoms with Crippen LogP contribution >= 0.6 is 0 Å². The molecular weight excluding hydrogens is 269 g/mol. The zero-order chi connectivity index (χ0) is 15.0. The van der Waals surface area contributed by atoms with Crippen LogP contribution in [0.2, 0.25) is 0 Å². The molecule has 2 heterocycles. The van der Waals surface area contributed by atoms with E-state index in [2.05, 4.69) is 23.8 Å². The Morgan fingerprint density at radius 1 is 1.30 bits per heavy atom. The molecule has 1 aromatic heterocycles. The molecule has 1 fully saturated rings. The molecule has 0 aliphatic carbocycles. The van der Waals surface area contributed by atoms with Crippen LogP contribution in [0.15, 0.2) is 6.07 Å². The van der Waals surface area contributed by atoms with E-state index in [0.717, 1.165) is 25.3 Å². The van der Waals surface area contributed by atoms with E-state index in [1.54, 1.807) is 0 Å². The number of alkyl halides is 3. The fourth-order valence-corrected chi connectivity index (χ4v) is 2.39. The maximum absolute atomic E-state index is 12.7. The van der Waals surface area contributed by atoms with Gasteiger partial charge in [0.25, 0.3) is 0 Å². The van der Waals surface area contributed by atoms with E-state index < -0.39 is 11.9 Å². The third kappa shape index (κ3) is 3.13. The lowest BCUT2D eigenvalue weighted by molar-refractivity contribution is -0.141. The molecule has 2 rings (SSSR count). The number of aromatic nitrogens is 2. The molecule has 0 bridgehead atoms. The summed E-state index contributed by atoms with van der Waals surface area (Å²) in [5.74, 6) is -0.0679. The molecular formula is C13H19F3N4. The van der Waals surface area contributed by atoms with E-state index >= 15 is 0 Å². The number of rotatable bonds is 2. The first kappa shape index (κ1) is 14.9. The first-order valence-electron chi connectivity index (χ1n) is 6.70. The van der Waals surface area contributed by atoms with Crippen molar-refractivity contribution >= 4 is 11.8 Å². The van der Waals surface area contributed by atoms with Gasteiger partial charge in [0.05, 0.1) is 0 Å². The molecule has 0 radical (unpaired) electrons. The summed E-state index contributed by atoms with van der Waals surface area (Å²) < 4.78 is 38.2. The Kier molecular flexibility index (Phi) is 3.80. The molecule has 0 spiro atoms. The maximum Gasteiger partial charge on any atom is 0.433 e. The minimum Gasteiger partial charge on any atom is -0.368 e. The monoisotopic (exact) mass is 288 g/mol. The van der Waals surface area contributed by atoms with Crippen LogP contribution in [-0.2, 0) is 6.18 Å².